The lowest BCUT2D eigenvalue weighted by atomic mass is 9.98. The van der Waals surface area contributed by atoms with E-state index in [1.54, 1.807) is 0 Å². The molecule has 2 heteroatoms. The van der Waals surface area contributed by atoms with E-state index in [4.69, 9.17) is 5.73 Å². The van der Waals surface area contributed by atoms with Crippen LogP contribution in [-0.2, 0) is 0 Å². The van der Waals surface area contributed by atoms with Crippen molar-refractivity contribution in [2.45, 2.75) is 58.9 Å². The molecule has 0 amide bonds. The lowest BCUT2D eigenvalue weighted by molar-refractivity contribution is 0.436. The Labute approximate surface area is 95.3 Å². The quantitative estimate of drug-likeness (QED) is 0.577. The molecule has 2 nitrogen and oxygen atoms in total. The van der Waals surface area contributed by atoms with Gasteiger partial charge in [-0.2, -0.15) is 0 Å². The summed E-state index contributed by atoms with van der Waals surface area (Å²) in [5, 5.41) is 3.37. The third-order valence-corrected chi connectivity index (χ3v) is 2.57. The minimum Gasteiger partial charge on any atom is -0.389 e. The van der Waals surface area contributed by atoms with E-state index in [9.17, 15) is 0 Å². The van der Waals surface area contributed by atoms with E-state index >= 15 is 0 Å². The van der Waals surface area contributed by atoms with Gasteiger partial charge in [-0.25, -0.2) is 0 Å². The van der Waals surface area contributed by atoms with Gasteiger partial charge in [-0.15, -0.1) is 0 Å². The van der Waals surface area contributed by atoms with E-state index in [2.05, 4.69) is 32.7 Å². The first-order valence-corrected chi connectivity index (χ1v) is 6.23. The molecule has 2 atom stereocenters. The average molecular weight is 212 g/mol. The number of nitrogens with two attached hydrogens (primary N) is 1. The largest absolute Gasteiger partial charge is 0.389 e. The first kappa shape index (κ1) is 14.5. The maximum Gasteiger partial charge on any atom is 0.0143 e. The minimum atomic E-state index is 0.336. The van der Waals surface area contributed by atoms with Crippen molar-refractivity contribution < 1.29 is 0 Å². The summed E-state index contributed by atoms with van der Waals surface area (Å²) in [7, 11) is 0. The summed E-state index contributed by atoms with van der Waals surface area (Å²) >= 11 is 0. The Bertz CT molecular complexity index is 164. The topological polar surface area (TPSA) is 38.0 Å². The van der Waals surface area contributed by atoms with E-state index in [1.165, 1.54) is 25.0 Å². The van der Waals surface area contributed by atoms with Crippen LogP contribution < -0.4 is 11.1 Å². The number of hydrogen-bond donors (Lipinski definition) is 2. The molecular weight excluding hydrogens is 184 g/mol. The first-order valence-electron chi connectivity index (χ1n) is 6.23. The second-order valence-corrected chi connectivity index (χ2v) is 4.74. The number of hydrogen-bond acceptors (Lipinski definition) is 2. The van der Waals surface area contributed by atoms with Crippen LogP contribution in [0.3, 0.4) is 0 Å². The molecule has 0 rings (SSSR count). The van der Waals surface area contributed by atoms with Crippen LogP contribution in [0.1, 0.15) is 52.9 Å². The summed E-state index contributed by atoms with van der Waals surface area (Å²) in [4.78, 5) is 0. The van der Waals surface area contributed by atoms with Gasteiger partial charge in [0.2, 0.25) is 0 Å². The Morgan fingerprint density at radius 1 is 1.40 bits per heavy atom. The number of allylic oxidation sites excluding steroid dienone is 1. The van der Waals surface area contributed by atoms with Gasteiger partial charge in [0.15, 0.2) is 0 Å². The van der Waals surface area contributed by atoms with Crippen molar-refractivity contribution in [2.24, 2.45) is 11.7 Å². The molecule has 0 fully saturated rings. The molecule has 0 aromatic carbocycles. The van der Waals surface area contributed by atoms with Crippen LogP contribution in [0.5, 0.6) is 0 Å². The molecule has 2 unspecified atom stereocenters. The van der Waals surface area contributed by atoms with Gasteiger partial charge in [0, 0.05) is 18.3 Å². The normalized spacial score (nSPS) is 14.7. The molecule has 0 spiro atoms. The zero-order valence-corrected chi connectivity index (χ0v) is 10.7. The van der Waals surface area contributed by atoms with E-state index in [0.29, 0.717) is 6.04 Å². The van der Waals surface area contributed by atoms with Crippen molar-refractivity contribution >= 4 is 0 Å². The molecule has 0 aliphatic rings. The van der Waals surface area contributed by atoms with Crippen LogP contribution in [0.2, 0.25) is 0 Å². The van der Waals surface area contributed by atoms with Crippen LogP contribution in [0.15, 0.2) is 12.3 Å². The fourth-order valence-corrected chi connectivity index (χ4v) is 1.86. The third-order valence-electron chi connectivity index (χ3n) is 2.57. The molecule has 0 saturated heterocycles. The molecule has 0 heterocycles. The molecule has 0 saturated carbocycles. The second-order valence-electron chi connectivity index (χ2n) is 4.74. The van der Waals surface area contributed by atoms with Gasteiger partial charge in [-0.1, -0.05) is 26.8 Å². The van der Waals surface area contributed by atoms with E-state index in [-0.39, 0.29) is 0 Å². The highest BCUT2D eigenvalue weighted by Gasteiger charge is 2.04. The maximum absolute atomic E-state index is 5.76. The van der Waals surface area contributed by atoms with Crippen molar-refractivity contribution in [3.8, 4) is 0 Å². The summed E-state index contributed by atoms with van der Waals surface area (Å²) in [5.74, 6) is 0.742. The molecule has 0 aliphatic heterocycles. The summed E-state index contributed by atoms with van der Waals surface area (Å²) in [6.45, 7) is 11.6. The van der Waals surface area contributed by atoms with Gasteiger partial charge in [-0.3, -0.25) is 0 Å². The molecule has 0 aliphatic carbocycles. The third kappa shape index (κ3) is 9.80. The summed E-state index contributed by atoms with van der Waals surface area (Å²) in [6.07, 6.45) is 5.88. The van der Waals surface area contributed by atoms with Crippen LogP contribution >= 0.6 is 0 Å². The van der Waals surface area contributed by atoms with Gasteiger partial charge < -0.3 is 11.1 Å². The molecule has 0 aromatic rings. The summed E-state index contributed by atoms with van der Waals surface area (Å²) in [6, 6.07) is 0.336. The molecule has 0 radical (unpaired) electrons. The molecule has 90 valence electrons. The smallest absolute Gasteiger partial charge is 0.0143 e. The molecule has 0 bridgehead atoms. The van der Waals surface area contributed by atoms with Crippen LogP contribution in [-0.4, -0.2) is 12.6 Å². The average Bonchev–Trinajstić information content (AvgIpc) is 2.12. The SMILES string of the molecule is C=C(CCC)NCCCC(C)CC(C)N. The maximum atomic E-state index is 5.76. The number of nitrogens with one attached hydrogen (secondary N) is 1. The highest BCUT2D eigenvalue weighted by molar-refractivity contribution is 4.89. The van der Waals surface area contributed by atoms with Gasteiger partial charge in [0.05, 0.1) is 0 Å². The minimum absolute atomic E-state index is 0.336. The van der Waals surface area contributed by atoms with Gasteiger partial charge in [0.1, 0.15) is 0 Å². The summed E-state index contributed by atoms with van der Waals surface area (Å²) < 4.78 is 0. The predicted molar refractivity (Wildman–Crippen MR) is 68.7 cm³/mol. The Kier molecular flexibility index (Phi) is 8.49. The van der Waals surface area contributed by atoms with Gasteiger partial charge in [0.25, 0.3) is 0 Å². The van der Waals surface area contributed by atoms with Crippen molar-refractivity contribution in [1.82, 2.24) is 5.32 Å². The van der Waals surface area contributed by atoms with Crippen molar-refractivity contribution in [3.05, 3.63) is 12.3 Å². The Hall–Kier alpha value is -0.500. The molecular formula is C13H28N2. The van der Waals surface area contributed by atoms with Gasteiger partial charge >= 0.3 is 0 Å². The first-order chi connectivity index (χ1) is 7.06. The highest BCUT2D eigenvalue weighted by atomic mass is 14.9. The van der Waals surface area contributed by atoms with Crippen LogP contribution in [0, 0.1) is 5.92 Å². The Balaban J connectivity index is 3.34. The Morgan fingerprint density at radius 3 is 2.60 bits per heavy atom. The van der Waals surface area contributed by atoms with Crippen LogP contribution in [0.25, 0.3) is 0 Å². The van der Waals surface area contributed by atoms with Crippen LogP contribution in [0.4, 0.5) is 0 Å². The zero-order valence-electron chi connectivity index (χ0n) is 10.7. The monoisotopic (exact) mass is 212 g/mol. The van der Waals surface area contributed by atoms with Crippen molar-refractivity contribution in [2.75, 3.05) is 6.54 Å². The Morgan fingerprint density at radius 2 is 2.07 bits per heavy atom. The summed E-state index contributed by atoms with van der Waals surface area (Å²) in [5.41, 5.74) is 6.93. The van der Waals surface area contributed by atoms with E-state index in [0.717, 1.165) is 25.3 Å². The lowest BCUT2D eigenvalue weighted by Crippen LogP contribution is -2.19. The van der Waals surface area contributed by atoms with Gasteiger partial charge in [-0.05, 0) is 38.5 Å². The van der Waals surface area contributed by atoms with Crippen molar-refractivity contribution in [3.63, 3.8) is 0 Å². The second kappa shape index (κ2) is 8.78. The fraction of sp³-hybridized carbons (Fsp3) is 0.846. The van der Waals surface area contributed by atoms with E-state index < -0.39 is 0 Å². The molecule has 3 N–H and O–H groups in total. The molecule has 15 heavy (non-hydrogen) atoms. The number of rotatable bonds is 9. The standard InChI is InChI=1S/C13H28N2/c1-5-7-13(4)15-9-6-8-11(2)10-12(3)14/h11-12,15H,4-10,14H2,1-3H3. The zero-order chi connectivity index (χ0) is 11.7. The molecule has 0 aromatic heterocycles. The predicted octanol–water partition coefficient (Wildman–Crippen LogP) is 3.04. The lowest BCUT2D eigenvalue weighted by Gasteiger charge is -2.14. The van der Waals surface area contributed by atoms with E-state index in [1.807, 2.05) is 0 Å². The highest BCUT2D eigenvalue weighted by Crippen LogP contribution is 2.11. The van der Waals surface area contributed by atoms with Crippen molar-refractivity contribution in [1.29, 1.82) is 0 Å². The fourth-order valence-electron chi connectivity index (χ4n) is 1.86.